The minimum Gasteiger partial charge on any atom is -0.345 e. The zero-order valence-electron chi connectivity index (χ0n) is 16.9. The van der Waals surface area contributed by atoms with Crippen molar-refractivity contribution >= 4 is 0 Å². The van der Waals surface area contributed by atoms with E-state index in [1.54, 1.807) is 0 Å². The van der Waals surface area contributed by atoms with Crippen molar-refractivity contribution in [2.45, 2.75) is 111 Å². The van der Waals surface area contributed by atoms with E-state index in [1.807, 2.05) is 55.4 Å². The third-order valence-electron chi connectivity index (χ3n) is 2.79. The van der Waals surface area contributed by atoms with Gasteiger partial charge < -0.3 is 4.74 Å². The SMILES string of the molecule is CC1CC(C)(C)OOC(C)(C)O1.CCCCC#COOC(C)(C)C. The van der Waals surface area contributed by atoms with E-state index in [-0.39, 0.29) is 17.3 Å². The standard InChI is InChI=1S/C10H18O2.C9H18O3/c1-5-6-7-8-9-11-12-10(2,3)4;1-7-6-8(2,3)11-12-9(4,5)10-7/h5-7H2,1-4H3;7H,6H2,1-5H3. The molecule has 0 amide bonds. The number of hydrogen-bond donors (Lipinski definition) is 0. The fraction of sp³-hybridized carbons (Fsp3) is 0.895. The maximum absolute atomic E-state index is 5.59. The quantitative estimate of drug-likeness (QED) is 0.307. The van der Waals surface area contributed by atoms with Gasteiger partial charge >= 0.3 is 0 Å². The topological polar surface area (TPSA) is 46.2 Å². The molecule has 0 spiro atoms. The molecule has 1 unspecified atom stereocenters. The van der Waals surface area contributed by atoms with Crippen LogP contribution in [0.5, 0.6) is 0 Å². The molecule has 24 heavy (non-hydrogen) atoms. The molecule has 0 N–H and O–H groups in total. The van der Waals surface area contributed by atoms with Crippen molar-refractivity contribution < 1.29 is 24.3 Å². The van der Waals surface area contributed by atoms with Crippen molar-refractivity contribution in [3.05, 3.63) is 0 Å². The third-order valence-corrected chi connectivity index (χ3v) is 2.79. The molecule has 5 nitrogen and oxygen atoms in total. The van der Waals surface area contributed by atoms with Crippen molar-refractivity contribution in [2.24, 2.45) is 0 Å². The van der Waals surface area contributed by atoms with Gasteiger partial charge in [0.1, 0.15) is 11.2 Å². The number of rotatable bonds is 3. The molecule has 1 atom stereocenters. The number of hydrogen-bond acceptors (Lipinski definition) is 5. The molecule has 142 valence electrons. The first-order chi connectivity index (χ1) is 10.9. The van der Waals surface area contributed by atoms with Gasteiger partial charge in [-0.15, -0.1) is 0 Å². The first kappa shape index (κ1) is 23.2. The molecule has 0 saturated carbocycles. The van der Waals surface area contributed by atoms with Gasteiger partial charge in [-0.2, -0.15) is 4.89 Å². The average Bonchev–Trinajstić information content (AvgIpc) is 2.48. The largest absolute Gasteiger partial charge is 0.345 e. The van der Waals surface area contributed by atoms with E-state index in [2.05, 4.69) is 23.8 Å². The summed E-state index contributed by atoms with van der Waals surface area (Å²) < 4.78 is 5.59. The second-order valence-electron chi connectivity index (χ2n) is 8.12. The summed E-state index contributed by atoms with van der Waals surface area (Å²) in [5.74, 6) is 2.23. The van der Waals surface area contributed by atoms with E-state index in [9.17, 15) is 0 Å². The molecular weight excluding hydrogens is 308 g/mol. The maximum Gasteiger partial charge on any atom is 0.196 e. The molecule has 1 rings (SSSR count). The molecule has 0 aromatic heterocycles. The molecular formula is C19H36O5. The van der Waals surface area contributed by atoms with Crippen molar-refractivity contribution in [1.29, 1.82) is 0 Å². The molecule has 1 saturated heterocycles. The van der Waals surface area contributed by atoms with Gasteiger partial charge in [-0.1, -0.05) is 19.3 Å². The van der Waals surface area contributed by atoms with Gasteiger partial charge in [0.25, 0.3) is 0 Å². The molecule has 0 radical (unpaired) electrons. The molecule has 1 heterocycles. The molecule has 1 aliphatic heterocycles. The minimum atomic E-state index is -0.632. The van der Waals surface area contributed by atoms with Crippen LogP contribution in [0.25, 0.3) is 0 Å². The highest BCUT2D eigenvalue weighted by atomic mass is 17.2. The Morgan fingerprint density at radius 2 is 1.75 bits per heavy atom. The normalized spacial score (nSPS) is 22.3. The lowest BCUT2D eigenvalue weighted by Gasteiger charge is -2.23. The summed E-state index contributed by atoms with van der Waals surface area (Å²) in [6.45, 7) is 17.6. The summed E-state index contributed by atoms with van der Waals surface area (Å²) >= 11 is 0. The average molecular weight is 344 g/mol. The van der Waals surface area contributed by atoms with Gasteiger partial charge in [0.15, 0.2) is 11.9 Å². The summed E-state index contributed by atoms with van der Waals surface area (Å²) in [5.41, 5.74) is -0.535. The summed E-state index contributed by atoms with van der Waals surface area (Å²) in [5, 5.41) is 0. The van der Waals surface area contributed by atoms with E-state index >= 15 is 0 Å². The molecule has 0 aromatic carbocycles. The minimum absolute atomic E-state index is 0.164. The van der Waals surface area contributed by atoms with Crippen LogP contribution in [0.4, 0.5) is 0 Å². The van der Waals surface area contributed by atoms with Crippen LogP contribution in [-0.2, 0) is 24.3 Å². The van der Waals surface area contributed by atoms with Crippen molar-refractivity contribution in [3.63, 3.8) is 0 Å². The lowest BCUT2D eigenvalue weighted by Crippen LogP contribution is -2.29. The van der Waals surface area contributed by atoms with Crippen LogP contribution < -0.4 is 0 Å². The van der Waals surface area contributed by atoms with Crippen LogP contribution in [0, 0.1) is 12.0 Å². The van der Waals surface area contributed by atoms with Gasteiger partial charge in [-0.05, 0) is 61.8 Å². The van der Waals surface area contributed by atoms with E-state index in [0.29, 0.717) is 0 Å². The van der Waals surface area contributed by atoms with Gasteiger partial charge in [-0.3, -0.25) is 4.89 Å². The van der Waals surface area contributed by atoms with Gasteiger partial charge in [-0.25, -0.2) is 9.78 Å². The second-order valence-corrected chi connectivity index (χ2v) is 8.12. The lowest BCUT2D eigenvalue weighted by molar-refractivity contribution is -0.436. The van der Waals surface area contributed by atoms with Crippen molar-refractivity contribution in [3.8, 4) is 12.0 Å². The lowest BCUT2D eigenvalue weighted by atomic mass is 10.0. The Bertz CT molecular complexity index is 380. The highest BCUT2D eigenvalue weighted by Crippen LogP contribution is 2.29. The Hall–Kier alpha value is -0.800. The highest BCUT2D eigenvalue weighted by molar-refractivity contribution is 4.90. The molecule has 1 aliphatic rings. The first-order valence-corrected chi connectivity index (χ1v) is 8.74. The Balaban J connectivity index is 0.000000441. The fourth-order valence-electron chi connectivity index (χ4n) is 1.98. The molecule has 1 fully saturated rings. The van der Waals surface area contributed by atoms with Crippen LogP contribution in [0.15, 0.2) is 0 Å². The van der Waals surface area contributed by atoms with E-state index < -0.39 is 5.79 Å². The Labute approximate surface area is 148 Å². The van der Waals surface area contributed by atoms with Crippen LogP contribution >= 0.6 is 0 Å². The predicted molar refractivity (Wildman–Crippen MR) is 94.7 cm³/mol. The van der Waals surface area contributed by atoms with Crippen LogP contribution in [0.3, 0.4) is 0 Å². The fourth-order valence-corrected chi connectivity index (χ4v) is 1.98. The van der Waals surface area contributed by atoms with Gasteiger partial charge in [0, 0.05) is 12.8 Å². The number of ether oxygens (including phenoxy) is 1. The Kier molecular flexibility index (Phi) is 9.91. The summed E-state index contributed by atoms with van der Waals surface area (Å²) in [6.07, 6.45) is 6.67. The van der Waals surface area contributed by atoms with E-state index in [4.69, 9.17) is 19.4 Å². The molecule has 5 heteroatoms. The first-order valence-electron chi connectivity index (χ1n) is 8.74. The van der Waals surface area contributed by atoms with E-state index in [0.717, 1.165) is 25.7 Å². The Morgan fingerprint density at radius 1 is 1.12 bits per heavy atom. The zero-order chi connectivity index (χ0) is 18.9. The van der Waals surface area contributed by atoms with Crippen LogP contribution in [-0.4, -0.2) is 23.1 Å². The van der Waals surface area contributed by atoms with Gasteiger partial charge in [0.2, 0.25) is 0 Å². The molecule has 0 aromatic rings. The number of unbranched alkanes of at least 4 members (excludes halogenated alkanes) is 2. The molecule has 0 aliphatic carbocycles. The highest BCUT2D eigenvalue weighted by Gasteiger charge is 2.35. The zero-order valence-corrected chi connectivity index (χ0v) is 16.9. The summed E-state index contributed by atoms with van der Waals surface area (Å²) in [4.78, 5) is 20.0. The second kappa shape index (κ2) is 10.2. The van der Waals surface area contributed by atoms with Crippen LogP contribution in [0.1, 0.15) is 88.0 Å². The smallest absolute Gasteiger partial charge is 0.196 e. The monoisotopic (exact) mass is 344 g/mol. The Morgan fingerprint density at radius 3 is 2.29 bits per heavy atom. The molecule has 0 bridgehead atoms. The summed E-state index contributed by atoms with van der Waals surface area (Å²) in [6, 6.07) is 0. The van der Waals surface area contributed by atoms with Crippen molar-refractivity contribution in [1.82, 2.24) is 0 Å². The summed E-state index contributed by atoms with van der Waals surface area (Å²) in [7, 11) is 0. The van der Waals surface area contributed by atoms with E-state index in [1.165, 1.54) is 0 Å². The van der Waals surface area contributed by atoms with Gasteiger partial charge in [0.05, 0.1) is 6.10 Å². The maximum atomic E-state index is 5.59. The third kappa shape index (κ3) is 13.6. The van der Waals surface area contributed by atoms with Crippen molar-refractivity contribution in [2.75, 3.05) is 0 Å². The van der Waals surface area contributed by atoms with Crippen LogP contribution in [0.2, 0.25) is 0 Å². The predicted octanol–water partition coefficient (Wildman–Crippen LogP) is 5.14.